The molecule has 0 saturated heterocycles. The van der Waals surface area contributed by atoms with Crippen molar-refractivity contribution in [3.63, 3.8) is 0 Å². The molecule has 0 spiro atoms. The van der Waals surface area contributed by atoms with E-state index in [2.05, 4.69) is 10.3 Å². The number of hydrogen-bond donors (Lipinski definition) is 2. The normalized spacial score (nSPS) is 10.0. The predicted molar refractivity (Wildman–Crippen MR) is 64.9 cm³/mol. The Morgan fingerprint density at radius 3 is 2.88 bits per heavy atom. The van der Waals surface area contributed by atoms with Gasteiger partial charge in [0, 0.05) is 33.1 Å². The van der Waals surface area contributed by atoms with Crippen LogP contribution in [0.1, 0.15) is 13.3 Å². The van der Waals surface area contributed by atoms with Gasteiger partial charge in [-0.3, -0.25) is 4.79 Å². The molecule has 0 aliphatic carbocycles. The van der Waals surface area contributed by atoms with Gasteiger partial charge in [0.1, 0.15) is 5.82 Å². The summed E-state index contributed by atoms with van der Waals surface area (Å²) in [5.74, 6) is 0.736. The summed E-state index contributed by atoms with van der Waals surface area (Å²) in [5.41, 5.74) is 6.21. The molecule has 17 heavy (non-hydrogen) atoms. The summed E-state index contributed by atoms with van der Waals surface area (Å²) >= 11 is 0. The van der Waals surface area contributed by atoms with Crippen LogP contribution in [0.15, 0.2) is 12.3 Å². The summed E-state index contributed by atoms with van der Waals surface area (Å²) in [7, 11) is 1.64. The lowest BCUT2D eigenvalue weighted by Gasteiger charge is -2.09. The molecule has 0 aliphatic heterocycles. The number of anilines is 2. The Kier molecular flexibility index (Phi) is 5.22. The molecule has 1 heterocycles. The minimum atomic E-state index is -0.189. The molecule has 0 atom stereocenters. The molecule has 0 aliphatic rings. The number of carbonyl (C=O) groups excluding carboxylic acids is 1. The van der Waals surface area contributed by atoms with Crippen molar-refractivity contribution in [2.24, 2.45) is 0 Å². The lowest BCUT2D eigenvalue weighted by atomic mass is 10.3. The van der Waals surface area contributed by atoms with E-state index < -0.39 is 0 Å². The van der Waals surface area contributed by atoms with E-state index in [1.165, 1.54) is 13.1 Å². The Labute approximate surface area is 100 Å². The van der Waals surface area contributed by atoms with E-state index in [1.54, 1.807) is 13.2 Å². The van der Waals surface area contributed by atoms with Gasteiger partial charge in [0.2, 0.25) is 5.91 Å². The number of nitrogens with two attached hydrogens (primary N) is 1. The van der Waals surface area contributed by atoms with Crippen molar-refractivity contribution < 1.29 is 14.3 Å². The maximum absolute atomic E-state index is 10.8. The number of carbonyl (C=O) groups is 1. The number of rotatable bonds is 6. The van der Waals surface area contributed by atoms with E-state index in [1.807, 2.05) is 0 Å². The molecule has 0 saturated carbocycles. The van der Waals surface area contributed by atoms with Crippen molar-refractivity contribution in [3.8, 4) is 5.75 Å². The molecular formula is C11H17N3O3. The first kappa shape index (κ1) is 13.2. The number of ether oxygens (including phenoxy) is 2. The molecule has 0 aromatic carbocycles. The minimum Gasteiger partial charge on any atom is -0.490 e. The van der Waals surface area contributed by atoms with Crippen molar-refractivity contribution in [2.75, 3.05) is 31.4 Å². The standard InChI is InChI=1S/C11H17N3O3/c1-8(15)14-11-6-9(12)10(7-13-11)17-5-3-4-16-2/h6-7H,3-5H2,1-2H3,(H3,12,13,14,15). The third-order valence-electron chi connectivity index (χ3n) is 1.95. The second-order valence-corrected chi connectivity index (χ2v) is 3.48. The third-order valence-corrected chi connectivity index (χ3v) is 1.95. The van der Waals surface area contributed by atoms with Crippen LogP contribution < -0.4 is 15.8 Å². The van der Waals surface area contributed by atoms with Crippen LogP contribution in [-0.4, -0.2) is 31.2 Å². The van der Waals surface area contributed by atoms with Gasteiger partial charge in [-0.15, -0.1) is 0 Å². The molecule has 94 valence electrons. The minimum absolute atomic E-state index is 0.189. The zero-order valence-electron chi connectivity index (χ0n) is 10.0. The van der Waals surface area contributed by atoms with Gasteiger partial charge in [-0.25, -0.2) is 4.98 Å². The van der Waals surface area contributed by atoms with Gasteiger partial charge in [0.05, 0.1) is 18.5 Å². The van der Waals surface area contributed by atoms with Crippen LogP contribution in [0.25, 0.3) is 0 Å². The van der Waals surface area contributed by atoms with Crippen molar-refractivity contribution in [2.45, 2.75) is 13.3 Å². The number of nitrogen functional groups attached to an aromatic ring is 1. The number of nitrogens with zero attached hydrogens (tertiary/aromatic N) is 1. The summed E-state index contributed by atoms with van der Waals surface area (Å²) in [6.07, 6.45) is 2.27. The monoisotopic (exact) mass is 239 g/mol. The van der Waals surface area contributed by atoms with Gasteiger partial charge in [-0.2, -0.15) is 0 Å². The van der Waals surface area contributed by atoms with E-state index in [0.717, 1.165) is 6.42 Å². The van der Waals surface area contributed by atoms with E-state index in [0.29, 0.717) is 30.5 Å². The zero-order valence-corrected chi connectivity index (χ0v) is 10.0. The van der Waals surface area contributed by atoms with Crippen LogP contribution in [-0.2, 0) is 9.53 Å². The molecule has 0 radical (unpaired) electrons. The molecule has 1 aromatic heterocycles. The van der Waals surface area contributed by atoms with Gasteiger partial charge in [-0.05, 0) is 0 Å². The Morgan fingerprint density at radius 2 is 2.29 bits per heavy atom. The maximum Gasteiger partial charge on any atom is 0.222 e. The number of aromatic nitrogens is 1. The van der Waals surface area contributed by atoms with Crippen LogP contribution in [0.5, 0.6) is 5.75 Å². The molecule has 6 nitrogen and oxygen atoms in total. The SMILES string of the molecule is COCCCOc1cnc(NC(C)=O)cc1N. The molecule has 0 fully saturated rings. The first-order valence-electron chi connectivity index (χ1n) is 5.28. The Hall–Kier alpha value is -1.82. The summed E-state index contributed by atoms with van der Waals surface area (Å²) in [5, 5.41) is 2.54. The van der Waals surface area contributed by atoms with Crippen LogP contribution in [0, 0.1) is 0 Å². The Morgan fingerprint density at radius 1 is 1.53 bits per heavy atom. The van der Waals surface area contributed by atoms with Crippen LogP contribution >= 0.6 is 0 Å². The molecule has 1 aromatic rings. The van der Waals surface area contributed by atoms with Crippen LogP contribution in [0.3, 0.4) is 0 Å². The van der Waals surface area contributed by atoms with Crippen molar-refractivity contribution in [1.82, 2.24) is 4.98 Å². The quantitative estimate of drug-likeness (QED) is 0.724. The molecular weight excluding hydrogens is 222 g/mol. The largest absolute Gasteiger partial charge is 0.490 e. The highest BCUT2D eigenvalue weighted by Crippen LogP contribution is 2.22. The molecule has 1 rings (SSSR count). The maximum atomic E-state index is 10.8. The van der Waals surface area contributed by atoms with Gasteiger partial charge in [0.15, 0.2) is 5.75 Å². The fourth-order valence-electron chi connectivity index (χ4n) is 1.21. The van der Waals surface area contributed by atoms with E-state index in [4.69, 9.17) is 15.2 Å². The molecule has 6 heteroatoms. The van der Waals surface area contributed by atoms with Crippen molar-refractivity contribution in [3.05, 3.63) is 12.3 Å². The summed E-state index contributed by atoms with van der Waals surface area (Å²) in [6.45, 7) is 2.56. The predicted octanol–water partition coefficient (Wildman–Crippen LogP) is 1.04. The number of nitrogens with one attached hydrogen (secondary N) is 1. The molecule has 3 N–H and O–H groups in total. The number of pyridine rings is 1. The van der Waals surface area contributed by atoms with Gasteiger partial charge < -0.3 is 20.5 Å². The van der Waals surface area contributed by atoms with Crippen molar-refractivity contribution >= 4 is 17.4 Å². The zero-order chi connectivity index (χ0) is 12.7. The summed E-state index contributed by atoms with van der Waals surface area (Å²) < 4.78 is 10.3. The highest BCUT2D eigenvalue weighted by Gasteiger charge is 2.04. The Balaban J connectivity index is 2.54. The average Bonchev–Trinajstić information content (AvgIpc) is 2.26. The van der Waals surface area contributed by atoms with Gasteiger partial charge in [0.25, 0.3) is 0 Å². The number of methoxy groups -OCH3 is 1. The second kappa shape index (κ2) is 6.70. The first-order chi connectivity index (χ1) is 8.13. The fraction of sp³-hybridized carbons (Fsp3) is 0.455. The molecule has 1 amide bonds. The third kappa shape index (κ3) is 4.69. The average molecular weight is 239 g/mol. The number of amides is 1. The highest BCUT2D eigenvalue weighted by atomic mass is 16.5. The van der Waals surface area contributed by atoms with Gasteiger partial charge in [-0.1, -0.05) is 0 Å². The van der Waals surface area contributed by atoms with Crippen molar-refractivity contribution in [1.29, 1.82) is 0 Å². The van der Waals surface area contributed by atoms with Crippen LogP contribution in [0.2, 0.25) is 0 Å². The second-order valence-electron chi connectivity index (χ2n) is 3.48. The summed E-state index contributed by atoms with van der Waals surface area (Å²) in [4.78, 5) is 14.8. The smallest absolute Gasteiger partial charge is 0.222 e. The van der Waals surface area contributed by atoms with E-state index >= 15 is 0 Å². The lowest BCUT2D eigenvalue weighted by Crippen LogP contribution is -2.09. The summed E-state index contributed by atoms with van der Waals surface area (Å²) in [6, 6.07) is 1.56. The topological polar surface area (TPSA) is 86.5 Å². The highest BCUT2D eigenvalue weighted by molar-refractivity contribution is 5.88. The van der Waals surface area contributed by atoms with E-state index in [-0.39, 0.29) is 5.91 Å². The van der Waals surface area contributed by atoms with E-state index in [9.17, 15) is 4.79 Å². The molecule has 0 bridgehead atoms. The van der Waals surface area contributed by atoms with Crippen LogP contribution in [0.4, 0.5) is 11.5 Å². The lowest BCUT2D eigenvalue weighted by molar-refractivity contribution is -0.114. The number of hydrogen-bond acceptors (Lipinski definition) is 5. The Bertz CT molecular complexity index is 382. The van der Waals surface area contributed by atoms with Gasteiger partial charge >= 0.3 is 0 Å². The molecule has 0 unspecified atom stereocenters. The fourth-order valence-corrected chi connectivity index (χ4v) is 1.21. The first-order valence-corrected chi connectivity index (χ1v) is 5.28.